The fourth-order valence-electron chi connectivity index (χ4n) is 2.26. The third kappa shape index (κ3) is 4.34. The van der Waals surface area contributed by atoms with Crippen LogP contribution in [0.25, 0.3) is 0 Å². The van der Waals surface area contributed by atoms with Gasteiger partial charge in [-0.25, -0.2) is 0 Å². The number of hydrogen-bond donors (Lipinski definition) is 0. The summed E-state index contributed by atoms with van der Waals surface area (Å²) < 4.78 is 7.16. The van der Waals surface area contributed by atoms with E-state index < -0.39 is 0 Å². The minimum absolute atomic E-state index is 0.635. The first-order chi connectivity index (χ1) is 10.2. The lowest BCUT2D eigenvalue weighted by atomic mass is 10.1. The molecule has 21 heavy (non-hydrogen) atoms. The van der Waals surface area contributed by atoms with Crippen LogP contribution in [-0.4, -0.2) is 0 Å². The van der Waals surface area contributed by atoms with Crippen molar-refractivity contribution in [2.24, 2.45) is 0 Å². The van der Waals surface area contributed by atoms with Gasteiger partial charge in [-0.3, -0.25) is 0 Å². The van der Waals surface area contributed by atoms with Crippen LogP contribution < -0.4 is 4.74 Å². The van der Waals surface area contributed by atoms with Crippen molar-refractivity contribution in [3.8, 4) is 5.75 Å². The molecule has 0 unspecified atom stereocenters. The first-order valence-corrected chi connectivity index (χ1v) is 8.50. The standard InChI is InChI=1S/C17H17BrO.C2H6/c1-12-9-15(14-7-8-14)17(10-16(12)18)19-11-13-5-3-2-4-6-13;1-2/h2-6,9-10,14H,7-8,11H2,1H3;1-2H3. The predicted molar refractivity (Wildman–Crippen MR) is 93.0 cm³/mol. The van der Waals surface area contributed by atoms with Gasteiger partial charge in [0, 0.05) is 4.47 Å². The Morgan fingerprint density at radius 2 is 1.76 bits per heavy atom. The minimum atomic E-state index is 0.635. The summed E-state index contributed by atoms with van der Waals surface area (Å²) in [5, 5.41) is 0. The lowest BCUT2D eigenvalue weighted by Crippen LogP contribution is -1.99. The number of halogens is 1. The Kier molecular flexibility index (Phi) is 5.86. The molecule has 2 aromatic rings. The molecular formula is C19H23BrO. The van der Waals surface area contributed by atoms with E-state index in [-0.39, 0.29) is 0 Å². The molecule has 112 valence electrons. The molecule has 0 atom stereocenters. The van der Waals surface area contributed by atoms with E-state index >= 15 is 0 Å². The minimum Gasteiger partial charge on any atom is -0.489 e. The van der Waals surface area contributed by atoms with E-state index in [1.165, 1.54) is 29.5 Å². The van der Waals surface area contributed by atoms with E-state index in [0.29, 0.717) is 12.5 Å². The highest BCUT2D eigenvalue weighted by Gasteiger charge is 2.27. The third-order valence-corrected chi connectivity index (χ3v) is 4.40. The van der Waals surface area contributed by atoms with Crippen molar-refractivity contribution >= 4 is 15.9 Å². The molecule has 1 nitrogen and oxygen atoms in total. The van der Waals surface area contributed by atoms with Gasteiger partial charge in [0.25, 0.3) is 0 Å². The van der Waals surface area contributed by atoms with Gasteiger partial charge < -0.3 is 4.74 Å². The van der Waals surface area contributed by atoms with Crippen LogP contribution in [0.5, 0.6) is 5.75 Å². The van der Waals surface area contributed by atoms with Gasteiger partial charge in [0.2, 0.25) is 0 Å². The molecular weight excluding hydrogens is 324 g/mol. The smallest absolute Gasteiger partial charge is 0.124 e. The second-order valence-corrected chi connectivity index (χ2v) is 6.04. The van der Waals surface area contributed by atoms with Gasteiger partial charge >= 0.3 is 0 Å². The van der Waals surface area contributed by atoms with E-state index in [2.05, 4.69) is 47.1 Å². The Morgan fingerprint density at radius 1 is 1.10 bits per heavy atom. The molecule has 0 bridgehead atoms. The van der Waals surface area contributed by atoms with Gasteiger partial charge in [0.15, 0.2) is 0 Å². The van der Waals surface area contributed by atoms with Crippen LogP contribution in [0.3, 0.4) is 0 Å². The molecule has 2 aromatic carbocycles. The molecule has 0 heterocycles. The zero-order valence-corrected chi connectivity index (χ0v) is 14.6. The molecule has 0 saturated heterocycles. The quantitative estimate of drug-likeness (QED) is 0.636. The Hall–Kier alpha value is -1.28. The molecule has 0 spiro atoms. The zero-order chi connectivity index (χ0) is 15.2. The molecule has 1 saturated carbocycles. The van der Waals surface area contributed by atoms with Crippen LogP contribution >= 0.6 is 15.9 Å². The molecule has 0 amide bonds. The molecule has 0 radical (unpaired) electrons. The van der Waals surface area contributed by atoms with Crippen LogP contribution in [-0.2, 0) is 6.61 Å². The lowest BCUT2D eigenvalue weighted by molar-refractivity contribution is 0.302. The van der Waals surface area contributed by atoms with Crippen LogP contribution in [0.2, 0.25) is 0 Å². The van der Waals surface area contributed by atoms with Crippen molar-refractivity contribution in [3.63, 3.8) is 0 Å². The summed E-state index contributed by atoms with van der Waals surface area (Å²) in [4.78, 5) is 0. The van der Waals surface area contributed by atoms with E-state index in [4.69, 9.17) is 4.74 Å². The highest BCUT2D eigenvalue weighted by Crippen LogP contribution is 2.45. The normalized spacial score (nSPS) is 13.3. The second-order valence-electron chi connectivity index (χ2n) is 5.19. The summed E-state index contributed by atoms with van der Waals surface area (Å²) in [7, 11) is 0. The average molecular weight is 347 g/mol. The highest BCUT2D eigenvalue weighted by molar-refractivity contribution is 9.10. The van der Waals surface area contributed by atoms with Crippen LogP contribution in [0.1, 0.15) is 49.3 Å². The van der Waals surface area contributed by atoms with Gasteiger partial charge in [-0.15, -0.1) is 0 Å². The Balaban J connectivity index is 0.000000774. The van der Waals surface area contributed by atoms with E-state index in [1.54, 1.807) is 0 Å². The van der Waals surface area contributed by atoms with Gasteiger partial charge in [0.1, 0.15) is 12.4 Å². The number of benzene rings is 2. The highest BCUT2D eigenvalue weighted by atomic mass is 79.9. The predicted octanol–water partition coefficient (Wildman–Crippen LogP) is 6.24. The maximum atomic E-state index is 6.03. The summed E-state index contributed by atoms with van der Waals surface area (Å²) >= 11 is 3.60. The molecule has 2 heteroatoms. The molecule has 0 aliphatic heterocycles. The topological polar surface area (TPSA) is 9.23 Å². The lowest BCUT2D eigenvalue weighted by Gasteiger charge is -2.13. The van der Waals surface area contributed by atoms with Gasteiger partial charge in [0.05, 0.1) is 0 Å². The SMILES string of the molecule is CC.Cc1cc(C2CC2)c(OCc2ccccc2)cc1Br. The summed E-state index contributed by atoms with van der Waals surface area (Å²) in [5.41, 5.74) is 3.87. The third-order valence-electron chi connectivity index (χ3n) is 3.55. The Labute approximate surface area is 136 Å². The molecule has 1 fully saturated rings. The fourth-order valence-corrected chi connectivity index (χ4v) is 2.58. The van der Waals surface area contributed by atoms with E-state index in [1.807, 2.05) is 32.0 Å². The van der Waals surface area contributed by atoms with Gasteiger partial charge in [-0.2, -0.15) is 0 Å². The molecule has 1 aliphatic carbocycles. The first kappa shape index (κ1) is 16.1. The summed E-state index contributed by atoms with van der Waals surface area (Å²) in [6.45, 7) is 6.77. The van der Waals surface area contributed by atoms with Gasteiger partial charge in [-0.1, -0.05) is 66.2 Å². The molecule has 0 aromatic heterocycles. The Morgan fingerprint density at radius 3 is 2.38 bits per heavy atom. The summed E-state index contributed by atoms with van der Waals surface area (Å²) in [6, 6.07) is 14.7. The number of hydrogen-bond acceptors (Lipinski definition) is 1. The first-order valence-electron chi connectivity index (χ1n) is 7.71. The number of aryl methyl sites for hydroxylation is 1. The monoisotopic (exact) mass is 346 g/mol. The van der Waals surface area contributed by atoms with Gasteiger partial charge in [-0.05, 0) is 48.4 Å². The maximum Gasteiger partial charge on any atom is 0.124 e. The molecule has 1 aliphatic rings. The van der Waals surface area contributed by atoms with E-state index in [0.717, 1.165) is 10.2 Å². The second kappa shape index (κ2) is 7.65. The van der Waals surface area contributed by atoms with Crippen LogP contribution in [0, 0.1) is 6.92 Å². The Bertz CT molecular complexity index is 574. The van der Waals surface area contributed by atoms with Crippen LogP contribution in [0.4, 0.5) is 0 Å². The summed E-state index contributed by atoms with van der Waals surface area (Å²) in [5.74, 6) is 1.74. The maximum absolute atomic E-state index is 6.03. The average Bonchev–Trinajstić information content (AvgIpc) is 3.36. The number of rotatable bonds is 4. The van der Waals surface area contributed by atoms with Crippen molar-refractivity contribution in [3.05, 3.63) is 63.6 Å². The fraction of sp³-hybridized carbons (Fsp3) is 0.368. The van der Waals surface area contributed by atoms with E-state index in [9.17, 15) is 0 Å². The van der Waals surface area contributed by atoms with Crippen molar-refractivity contribution in [1.82, 2.24) is 0 Å². The largest absolute Gasteiger partial charge is 0.489 e. The summed E-state index contributed by atoms with van der Waals surface area (Å²) in [6.07, 6.45) is 2.59. The molecule has 0 N–H and O–H groups in total. The van der Waals surface area contributed by atoms with Crippen molar-refractivity contribution in [2.75, 3.05) is 0 Å². The van der Waals surface area contributed by atoms with Crippen LogP contribution in [0.15, 0.2) is 46.9 Å². The number of ether oxygens (including phenoxy) is 1. The van der Waals surface area contributed by atoms with Crippen molar-refractivity contribution in [1.29, 1.82) is 0 Å². The van der Waals surface area contributed by atoms with Crippen molar-refractivity contribution in [2.45, 2.75) is 46.1 Å². The van der Waals surface area contributed by atoms with Crippen molar-refractivity contribution < 1.29 is 4.74 Å². The molecule has 3 rings (SSSR count). The zero-order valence-electron chi connectivity index (χ0n) is 13.0.